The van der Waals surface area contributed by atoms with Gasteiger partial charge in [-0.15, -0.1) is 13.2 Å². The van der Waals surface area contributed by atoms with E-state index in [-0.39, 0.29) is 34.7 Å². The molecule has 38 heavy (non-hydrogen) atoms. The first-order valence-electron chi connectivity index (χ1n) is 12.0. The topological polar surface area (TPSA) is 123 Å². The second-order valence-electron chi connectivity index (χ2n) is 9.55. The molecule has 13 heteroatoms. The second-order valence-corrected chi connectivity index (χ2v) is 11.8. The van der Waals surface area contributed by atoms with Crippen molar-refractivity contribution in [3.8, 4) is 17.2 Å². The van der Waals surface area contributed by atoms with Crippen LogP contribution in [0.3, 0.4) is 0 Å². The van der Waals surface area contributed by atoms with Crippen LogP contribution in [0.5, 0.6) is 17.2 Å². The van der Waals surface area contributed by atoms with Crippen LogP contribution in [0.25, 0.3) is 0 Å². The maximum absolute atomic E-state index is 14.0. The summed E-state index contributed by atoms with van der Waals surface area (Å²) in [4.78, 5) is 25.2. The number of hydrogen-bond acceptors (Lipinski definition) is 7. The van der Waals surface area contributed by atoms with Gasteiger partial charge in [-0.1, -0.05) is 0 Å². The predicted molar refractivity (Wildman–Crippen MR) is 131 cm³/mol. The van der Waals surface area contributed by atoms with Gasteiger partial charge < -0.3 is 20.1 Å². The molecule has 206 valence electrons. The molecule has 0 bridgehead atoms. The summed E-state index contributed by atoms with van der Waals surface area (Å²) < 4.78 is 72.6. The van der Waals surface area contributed by atoms with Crippen LogP contribution in [0.4, 0.5) is 18.0 Å². The highest BCUT2D eigenvalue weighted by Gasteiger charge is 2.60. The lowest BCUT2D eigenvalue weighted by atomic mass is 9.77. The van der Waals surface area contributed by atoms with Crippen molar-refractivity contribution < 1.29 is 40.7 Å². The number of nitrogens with one attached hydrogen (secondary N) is 3. The molecule has 1 aliphatic carbocycles. The number of hydrogen-bond donors (Lipinski definition) is 3. The van der Waals surface area contributed by atoms with Crippen molar-refractivity contribution in [2.45, 2.75) is 48.1 Å². The predicted octanol–water partition coefficient (Wildman–Crippen LogP) is 3.90. The maximum Gasteiger partial charge on any atom is 0.573 e. The van der Waals surface area contributed by atoms with Crippen LogP contribution >= 0.6 is 0 Å². The number of urea groups is 1. The van der Waals surface area contributed by atoms with Crippen molar-refractivity contribution in [3.05, 3.63) is 48.5 Å². The number of rotatable bonds is 6. The monoisotopic (exact) mass is 555 g/mol. The zero-order valence-electron chi connectivity index (χ0n) is 20.6. The van der Waals surface area contributed by atoms with Crippen LogP contribution in [0.1, 0.15) is 32.1 Å². The Morgan fingerprint density at radius 1 is 0.895 bits per heavy atom. The molecule has 1 heterocycles. The number of ether oxygens (including phenoxy) is 2. The van der Waals surface area contributed by atoms with E-state index < -0.39 is 38.6 Å². The van der Waals surface area contributed by atoms with Gasteiger partial charge in [-0.05, 0) is 99.1 Å². The van der Waals surface area contributed by atoms with Gasteiger partial charge in [0.25, 0.3) is 0 Å². The normalized spacial score (nSPS) is 21.1. The highest BCUT2D eigenvalue weighted by Crippen LogP contribution is 2.54. The van der Waals surface area contributed by atoms with Crippen molar-refractivity contribution in [1.29, 1.82) is 0 Å². The Bertz CT molecular complexity index is 1280. The van der Waals surface area contributed by atoms with Gasteiger partial charge in [-0.3, -0.25) is 10.1 Å². The number of sulfone groups is 1. The van der Waals surface area contributed by atoms with Gasteiger partial charge in [-0.25, -0.2) is 13.2 Å². The van der Waals surface area contributed by atoms with Crippen molar-refractivity contribution >= 4 is 21.8 Å². The Hall–Kier alpha value is -3.32. The molecule has 2 aliphatic rings. The van der Waals surface area contributed by atoms with E-state index in [9.17, 15) is 31.2 Å². The lowest BCUT2D eigenvalue weighted by Crippen LogP contribution is -2.54. The summed E-state index contributed by atoms with van der Waals surface area (Å²) in [7, 11) is -2.90. The van der Waals surface area contributed by atoms with Crippen LogP contribution in [0.15, 0.2) is 53.4 Å². The number of benzene rings is 2. The minimum Gasteiger partial charge on any atom is -0.457 e. The van der Waals surface area contributed by atoms with Crippen LogP contribution in [0.2, 0.25) is 0 Å². The molecule has 1 unspecified atom stereocenters. The molecule has 2 fully saturated rings. The molecule has 1 spiro atoms. The molecular formula is C25H28F3N3O6S. The molecule has 3 amide bonds. The van der Waals surface area contributed by atoms with Crippen molar-refractivity contribution in [1.82, 2.24) is 16.0 Å². The molecule has 2 aromatic rings. The number of halogens is 3. The van der Waals surface area contributed by atoms with Crippen LogP contribution < -0.4 is 25.4 Å². The van der Waals surface area contributed by atoms with Gasteiger partial charge in [0.2, 0.25) is 5.91 Å². The quantitative estimate of drug-likeness (QED) is 0.494. The third kappa shape index (κ3) is 5.73. The number of alkyl halides is 3. The van der Waals surface area contributed by atoms with Crippen molar-refractivity contribution in [3.63, 3.8) is 0 Å². The van der Waals surface area contributed by atoms with E-state index in [2.05, 4.69) is 20.7 Å². The second kappa shape index (κ2) is 10.4. The molecular weight excluding hydrogens is 527 g/mol. The highest BCUT2D eigenvalue weighted by atomic mass is 32.2. The first-order valence-corrected chi connectivity index (χ1v) is 13.5. The molecule has 2 aromatic carbocycles. The fourth-order valence-electron chi connectivity index (χ4n) is 5.22. The smallest absolute Gasteiger partial charge is 0.457 e. The molecule has 1 saturated heterocycles. The van der Waals surface area contributed by atoms with Crippen molar-refractivity contribution in [2.75, 3.05) is 20.1 Å². The Labute approximate surface area is 218 Å². The van der Waals surface area contributed by atoms with Gasteiger partial charge in [0.15, 0.2) is 14.6 Å². The average molecular weight is 556 g/mol. The minimum atomic E-state index is -4.81. The van der Waals surface area contributed by atoms with Crippen molar-refractivity contribution in [2.24, 2.45) is 5.41 Å². The lowest BCUT2D eigenvalue weighted by molar-refractivity contribution is -0.274. The first kappa shape index (κ1) is 27.7. The van der Waals surface area contributed by atoms with Gasteiger partial charge in [-0.2, -0.15) is 0 Å². The number of carbonyl (C=O) groups excluding carboxylic acids is 2. The van der Waals surface area contributed by atoms with Crippen LogP contribution in [0, 0.1) is 5.41 Å². The molecule has 3 N–H and O–H groups in total. The molecule has 4 rings (SSSR count). The van der Waals surface area contributed by atoms with E-state index in [0.717, 1.165) is 38.1 Å². The summed E-state index contributed by atoms with van der Waals surface area (Å²) in [6.07, 6.45) is -2.61. The number of piperidine rings is 1. The maximum atomic E-state index is 14.0. The summed E-state index contributed by atoms with van der Waals surface area (Å²) in [6, 6.07) is 9.37. The number of amides is 3. The van der Waals surface area contributed by atoms with E-state index in [1.165, 1.54) is 43.4 Å². The first-order chi connectivity index (χ1) is 17.9. The van der Waals surface area contributed by atoms with E-state index in [1.54, 1.807) is 0 Å². The van der Waals surface area contributed by atoms with E-state index in [4.69, 9.17) is 4.74 Å². The van der Waals surface area contributed by atoms with Gasteiger partial charge >= 0.3 is 12.4 Å². The highest BCUT2D eigenvalue weighted by molar-refractivity contribution is 7.93. The van der Waals surface area contributed by atoms with Crippen LogP contribution in [-0.4, -0.2) is 51.6 Å². The van der Waals surface area contributed by atoms with Gasteiger partial charge in [0.05, 0.1) is 4.90 Å². The summed E-state index contributed by atoms with van der Waals surface area (Å²) in [6.45, 7) is 1.45. The van der Waals surface area contributed by atoms with Gasteiger partial charge in [0.1, 0.15) is 17.2 Å². The lowest BCUT2D eigenvalue weighted by Gasteiger charge is -2.36. The molecule has 0 radical (unpaired) electrons. The Kier molecular flexibility index (Phi) is 7.62. The number of carbonyl (C=O) groups is 2. The van der Waals surface area contributed by atoms with E-state index >= 15 is 0 Å². The molecule has 9 nitrogen and oxygen atoms in total. The standard InChI is InChI=1S/C25H28F3N3O6S/c1-29-22(33)31-21(32)24(11-10-23(16-24)12-14-30-15-13-23)38(34,35)20-8-6-18(7-9-20)36-17-2-4-19(5-3-17)37-25(26,27)28/h2-9,30H,10-16H2,1H3,(H2,29,31,32,33). The molecule has 1 aliphatic heterocycles. The Balaban J connectivity index is 1.57. The summed E-state index contributed by atoms with van der Waals surface area (Å²) in [5.74, 6) is -0.817. The van der Waals surface area contributed by atoms with Gasteiger partial charge in [0, 0.05) is 7.05 Å². The fourth-order valence-corrected chi connectivity index (χ4v) is 7.32. The Morgan fingerprint density at radius 2 is 1.45 bits per heavy atom. The summed E-state index contributed by atoms with van der Waals surface area (Å²) in [5, 5.41) is 7.73. The van der Waals surface area contributed by atoms with E-state index in [1.807, 2.05) is 0 Å². The van der Waals surface area contributed by atoms with E-state index in [0.29, 0.717) is 6.42 Å². The minimum absolute atomic E-state index is 0.0861. The summed E-state index contributed by atoms with van der Waals surface area (Å²) in [5.41, 5.74) is -0.316. The SMILES string of the molecule is CNC(=O)NC(=O)C1(S(=O)(=O)c2ccc(Oc3ccc(OC(F)(F)F)cc3)cc2)CCC2(CCNCC2)C1. The molecule has 1 saturated carbocycles. The zero-order chi connectivity index (χ0) is 27.6. The summed E-state index contributed by atoms with van der Waals surface area (Å²) >= 11 is 0. The third-order valence-corrected chi connectivity index (χ3v) is 9.65. The number of imide groups is 1. The average Bonchev–Trinajstić information content (AvgIpc) is 3.25. The third-order valence-electron chi connectivity index (χ3n) is 7.19. The zero-order valence-corrected chi connectivity index (χ0v) is 21.4. The van der Waals surface area contributed by atoms with Crippen LogP contribution in [-0.2, 0) is 14.6 Å². The fraction of sp³-hybridized carbons (Fsp3) is 0.440. The Morgan fingerprint density at radius 3 is 2.00 bits per heavy atom. The molecule has 0 aromatic heterocycles. The molecule has 1 atom stereocenters. The largest absolute Gasteiger partial charge is 0.573 e.